The zero-order chi connectivity index (χ0) is 23.8. The number of hydrogen-bond acceptors (Lipinski definition) is 3. The fraction of sp³-hybridized carbons (Fsp3) is 0.125. The minimum Gasteiger partial charge on any atom is -0.508 e. The average Bonchev–Trinajstić information content (AvgIpc) is 3.20. The lowest BCUT2D eigenvalue weighted by molar-refractivity contribution is -0.290. The van der Waals surface area contributed by atoms with Gasteiger partial charge in [0.05, 0.1) is 11.0 Å². The molecule has 0 saturated heterocycles. The number of nitrogens with zero attached hydrogens (tertiary/aromatic N) is 1. The summed E-state index contributed by atoms with van der Waals surface area (Å²) >= 11 is 0. The molecule has 0 aliphatic rings. The first-order chi connectivity index (χ1) is 15.5. The zero-order valence-corrected chi connectivity index (χ0v) is 17.0. The largest absolute Gasteiger partial charge is 0.508 e. The van der Waals surface area contributed by atoms with Crippen molar-refractivity contribution in [1.82, 2.24) is 9.97 Å². The van der Waals surface area contributed by atoms with Crippen molar-refractivity contribution in [2.24, 2.45) is 0 Å². The van der Waals surface area contributed by atoms with Crippen LogP contribution in [0.1, 0.15) is 5.56 Å². The second-order valence-corrected chi connectivity index (χ2v) is 7.32. The van der Waals surface area contributed by atoms with Gasteiger partial charge in [-0.3, -0.25) is 0 Å². The molecule has 1 aromatic heterocycles. The minimum atomic E-state index is -5.68. The number of rotatable bonds is 6. The molecule has 33 heavy (non-hydrogen) atoms. The van der Waals surface area contributed by atoms with Gasteiger partial charge in [0.2, 0.25) is 0 Å². The summed E-state index contributed by atoms with van der Waals surface area (Å²) in [5, 5.41) is 9.85. The van der Waals surface area contributed by atoms with Gasteiger partial charge in [0.25, 0.3) is 0 Å². The average molecular weight is 460 g/mol. The highest BCUT2D eigenvalue weighted by Crippen LogP contribution is 2.36. The van der Waals surface area contributed by atoms with Crippen LogP contribution in [0.15, 0.2) is 73.3 Å². The number of aromatic nitrogens is 2. The Morgan fingerprint density at radius 2 is 1.61 bits per heavy atom. The fourth-order valence-corrected chi connectivity index (χ4v) is 3.27. The molecule has 4 rings (SSSR count). The van der Waals surface area contributed by atoms with E-state index in [4.69, 9.17) is 0 Å². The molecule has 0 amide bonds. The van der Waals surface area contributed by atoms with Crippen molar-refractivity contribution in [3.05, 3.63) is 78.9 Å². The maximum Gasteiger partial charge on any atom is 0.456 e. The van der Waals surface area contributed by atoms with Gasteiger partial charge in [-0.05, 0) is 47.5 Å². The first-order valence-corrected chi connectivity index (χ1v) is 9.70. The van der Waals surface area contributed by atoms with E-state index in [1.165, 1.54) is 24.3 Å². The summed E-state index contributed by atoms with van der Waals surface area (Å²) in [5.74, 6) is -4.63. The number of nitrogens with one attached hydrogen (secondary N) is 1. The summed E-state index contributed by atoms with van der Waals surface area (Å²) < 4.78 is 67.4. The first kappa shape index (κ1) is 22.3. The number of fused-ring (bicyclic) bond motifs is 1. The summed E-state index contributed by atoms with van der Waals surface area (Å²) in [6, 6.07) is 18.4. The molecule has 0 aliphatic carbocycles. The van der Waals surface area contributed by atoms with E-state index in [2.05, 4.69) is 21.3 Å². The second-order valence-electron chi connectivity index (χ2n) is 7.32. The number of hydrogen-bond donors (Lipinski definition) is 2. The summed E-state index contributed by atoms with van der Waals surface area (Å²) in [6.07, 6.45) is -5.68. The van der Waals surface area contributed by atoms with E-state index in [0.717, 1.165) is 11.1 Å². The molecular formula is C24H17F5N2O2. The molecule has 0 saturated carbocycles. The molecule has 0 fully saturated rings. The molecule has 4 aromatic rings. The highest BCUT2D eigenvalue weighted by atomic mass is 19.4. The lowest BCUT2D eigenvalue weighted by Crippen LogP contribution is -2.41. The number of imidazole rings is 1. The minimum absolute atomic E-state index is 0.0497. The van der Waals surface area contributed by atoms with Crippen LogP contribution in [0.4, 0.5) is 22.0 Å². The van der Waals surface area contributed by atoms with Crippen LogP contribution in [-0.4, -0.2) is 33.8 Å². The Bertz CT molecular complexity index is 1310. The fourth-order valence-electron chi connectivity index (χ4n) is 3.27. The van der Waals surface area contributed by atoms with Gasteiger partial charge in [0.15, 0.2) is 6.61 Å². The predicted octanol–water partition coefficient (Wildman–Crippen LogP) is 7.00. The number of H-pyrrole nitrogens is 1. The van der Waals surface area contributed by atoms with Gasteiger partial charge < -0.3 is 14.8 Å². The van der Waals surface area contributed by atoms with Crippen LogP contribution in [0.2, 0.25) is 0 Å². The summed E-state index contributed by atoms with van der Waals surface area (Å²) in [4.78, 5) is 7.65. The molecule has 0 unspecified atom stereocenters. The Kier molecular flexibility index (Phi) is 5.57. The third-order valence-corrected chi connectivity index (χ3v) is 4.99. The van der Waals surface area contributed by atoms with Crippen LogP contribution in [0.3, 0.4) is 0 Å². The molecule has 0 atom stereocenters. The van der Waals surface area contributed by atoms with Crippen LogP contribution < -0.4 is 4.74 Å². The van der Waals surface area contributed by atoms with Gasteiger partial charge in [-0.1, -0.05) is 36.9 Å². The van der Waals surface area contributed by atoms with Crippen molar-refractivity contribution in [3.63, 3.8) is 0 Å². The molecule has 4 nitrogen and oxygen atoms in total. The molecule has 3 aromatic carbocycles. The molecular weight excluding hydrogens is 443 g/mol. The summed E-state index contributed by atoms with van der Waals surface area (Å²) in [7, 11) is 0. The summed E-state index contributed by atoms with van der Waals surface area (Å²) in [5.41, 5.74) is 4.19. The molecule has 170 valence electrons. The van der Waals surface area contributed by atoms with E-state index >= 15 is 0 Å². The Labute approximate surface area is 185 Å². The van der Waals surface area contributed by atoms with Crippen molar-refractivity contribution in [3.8, 4) is 28.3 Å². The van der Waals surface area contributed by atoms with Crippen LogP contribution in [0.25, 0.3) is 39.3 Å². The first-order valence-electron chi connectivity index (χ1n) is 9.70. The Morgan fingerprint density at radius 1 is 0.939 bits per heavy atom. The van der Waals surface area contributed by atoms with Crippen LogP contribution in [-0.2, 0) is 0 Å². The van der Waals surface area contributed by atoms with Gasteiger partial charge in [0.1, 0.15) is 17.3 Å². The van der Waals surface area contributed by atoms with E-state index in [-0.39, 0.29) is 11.5 Å². The van der Waals surface area contributed by atoms with Crippen molar-refractivity contribution >= 4 is 16.8 Å². The third-order valence-electron chi connectivity index (χ3n) is 4.99. The van der Waals surface area contributed by atoms with E-state index in [1.54, 1.807) is 18.2 Å². The number of aromatic amines is 1. The summed E-state index contributed by atoms with van der Waals surface area (Å²) in [6.45, 7) is 1.79. The quantitative estimate of drug-likeness (QED) is 0.241. The zero-order valence-electron chi connectivity index (χ0n) is 17.0. The topological polar surface area (TPSA) is 58.1 Å². The number of alkyl halides is 5. The van der Waals surface area contributed by atoms with Crippen LogP contribution in [0.5, 0.6) is 5.75 Å². The molecule has 0 spiro atoms. The highest BCUT2D eigenvalue weighted by Gasteiger charge is 2.58. The van der Waals surface area contributed by atoms with Gasteiger partial charge >= 0.3 is 12.1 Å². The predicted molar refractivity (Wildman–Crippen MR) is 115 cm³/mol. The molecule has 1 heterocycles. The highest BCUT2D eigenvalue weighted by molar-refractivity contribution is 5.87. The van der Waals surface area contributed by atoms with Crippen molar-refractivity contribution < 1.29 is 31.8 Å². The Balaban J connectivity index is 1.57. The normalized spacial score (nSPS) is 12.2. The molecule has 0 bridgehead atoms. The van der Waals surface area contributed by atoms with E-state index in [1.807, 2.05) is 24.3 Å². The number of aliphatic hydroxyl groups is 1. The third kappa shape index (κ3) is 4.52. The van der Waals surface area contributed by atoms with E-state index in [9.17, 15) is 27.1 Å². The van der Waals surface area contributed by atoms with Crippen molar-refractivity contribution in [2.75, 3.05) is 6.61 Å². The molecule has 0 radical (unpaired) electrons. The van der Waals surface area contributed by atoms with Crippen molar-refractivity contribution in [1.29, 1.82) is 0 Å². The number of ether oxygens (including phenoxy) is 1. The van der Waals surface area contributed by atoms with E-state index < -0.39 is 18.7 Å². The Hall–Kier alpha value is -3.88. The number of halogens is 5. The second kappa shape index (κ2) is 8.23. The van der Waals surface area contributed by atoms with Gasteiger partial charge in [-0.15, -0.1) is 0 Å². The van der Waals surface area contributed by atoms with Crippen molar-refractivity contribution in [2.45, 2.75) is 12.1 Å². The SMILES string of the molecule is C=C(O)c1ccccc1-c1ccc2nc(-c3ccc(OCC(F)(F)C(F)(F)F)cc3)[nH]c2c1. The van der Waals surface area contributed by atoms with Gasteiger partial charge in [0, 0.05) is 11.1 Å². The lowest BCUT2D eigenvalue weighted by Gasteiger charge is -2.19. The molecule has 0 aliphatic heterocycles. The number of benzene rings is 3. The lowest BCUT2D eigenvalue weighted by atomic mass is 9.98. The monoisotopic (exact) mass is 460 g/mol. The van der Waals surface area contributed by atoms with E-state index in [0.29, 0.717) is 28.0 Å². The Morgan fingerprint density at radius 3 is 2.27 bits per heavy atom. The number of aliphatic hydroxyl groups excluding tert-OH is 1. The van der Waals surface area contributed by atoms with Crippen LogP contribution in [0, 0.1) is 0 Å². The maximum atomic E-state index is 13.0. The maximum absolute atomic E-state index is 13.0. The van der Waals surface area contributed by atoms with Gasteiger partial charge in [-0.25, -0.2) is 4.98 Å². The smallest absolute Gasteiger partial charge is 0.456 e. The van der Waals surface area contributed by atoms with Gasteiger partial charge in [-0.2, -0.15) is 22.0 Å². The van der Waals surface area contributed by atoms with Crippen LogP contribution >= 0.6 is 0 Å². The standard InChI is InChI=1S/C24H17F5N2O2/c1-14(32)18-4-2-3-5-19(18)16-8-11-20-21(12-16)31-22(30-20)15-6-9-17(10-7-15)33-13-23(25,26)24(27,28)29/h2-12,32H,1,13H2,(H,30,31). The molecule has 2 N–H and O–H groups in total. The molecule has 9 heteroatoms.